The van der Waals surface area contributed by atoms with Crippen LogP contribution < -0.4 is 21.6 Å². The summed E-state index contributed by atoms with van der Waals surface area (Å²) in [7, 11) is -3.07. The van der Waals surface area contributed by atoms with Gasteiger partial charge in [0.1, 0.15) is 12.7 Å². The first-order valence-corrected chi connectivity index (χ1v) is 14.5. The lowest BCUT2D eigenvalue weighted by Gasteiger charge is -2.44. The molecule has 1 saturated carbocycles. The number of carbonyl (C=O) groups is 1. The number of aromatic nitrogens is 2. The highest BCUT2D eigenvalue weighted by Gasteiger charge is 2.80. The maximum atomic E-state index is 16.4. The Morgan fingerprint density at radius 3 is 2.13 bits per heavy atom. The largest absolute Gasteiger partial charge is 0.465 e. The van der Waals surface area contributed by atoms with Crippen molar-refractivity contribution < 1.29 is 23.1 Å². The fraction of sp³-hybridized carbons (Fsp3) is 0.393. The molecule has 2 aliphatic rings. The second-order valence-corrected chi connectivity index (χ2v) is 15.2. The molecule has 2 aromatic carbocycles. The predicted octanol–water partition coefficient (Wildman–Crippen LogP) is 2.28. The molecule has 1 saturated heterocycles. The molecule has 1 aliphatic heterocycles. The summed E-state index contributed by atoms with van der Waals surface area (Å²) in [6.07, 6.45) is -3.31. The number of ether oxygens (including phenoxy) is 2. The molecule has 5 rings (SSSR count). The summed E-state index contributed by atoms with van der Waals surface area (Å²) in [5.74, 6) is -0.550. The van der Waals surface area contributed by atoms with E-state index in [4.69, 9.17) is 13.9 Å². The van der Waals surface area contributed by atoms with E-state index < -0.39 is 55.6 Å². The van der Waals surface area contributed by atoms with Crippen LogP contribution in [-0.2, 0) is 18.7 Å². The minimum atomic E-state index is -3.07. The smallest absolute Gasteiger partial charge is 0.330 e. The first kappa shape index (κ1) is 26.3. The van der Waals surface area contributed by atoms with Crippen LogP contribution in [0.5, 0.6) is 0 Å². The van der Waals surface area contributed by atoms with Gasteiger partial charge in [0.25, 0.3) is 13.9 Å². The van der Waals surface area contributed by atoms with Gasteiger partial charge in [-0.1, -0.05) is 81.4 Å². The van der Waals surface area contributed by atoms with E-state index >= 15 is 4.39 Å². The molecule has 1 N–H and O–H groups in total. The van der Waals surface area contributed by atoms with Crippen molar-refractivity contribution in [3.63, 3.8) is 0 Å². The summed E-state index contributed by atoms with van der Waals surface area (Å²) in [5, 5.41) is 1.68. The molecule has 3 aromatic rings. The van der Waals surface area contributed by atoms with E-state index in [-0.39, 0.29) is 11.6 Å². The summed E-state index contributed by atoms with van der Waals surface area (Å²) < 4.78 is 36.0. The number of esters is 1. The van der Waals surface area contributed by atoms with Gasteiger partial charge >= 0.3 is 11.7 Å². The summed E-state index contributed by atoms with van der Waals surface area (Å²) in [6.45, 7) is 7.36. The molecule has 2 heterocycles. The van der Waals surface area contributed by atoms with Crippen molar-refractivity contribution in [3.8, 4) is 0 Å². The topological polar surface area (TPSA) is 99.6 Å². The number of nitrogens with zero attached hydrogens (tertiary/aromatic N) is 1. The van der Waals surface area contributed by atoms with E-state index in [1.165, 1.54) is 13.1 Å². The molecule has 2 fully saturated rings. The van der Waals surface area contributed by atoms with Crippen LogP contribution in [0.3, 0.4) is 0 Å². The highest BCUT2D eigenvalue weighted by molar-refractivity contribution is 6.99. The minimum Gasteiger partial charge on any atom is -0.465 e. The highest BCUT2D eigenvalue weighted by atomic mass is 28.4. The number of nitrogens with one attached hydrogen (secondary N) is 1. The fourth-order valence-corrected chi connectivity index (χ4v) is 10.5. The van der Waals surface area contributed by atoms with Crippen LogP contribution in [0.2, 0.25) is 5.04 Å². The van der Waals surface area contributed by atoms with Crippen molar-refractivity contribution in [1.82, 2.24) is 9.55 Å². The number of aromatic amines is 1. The van der Waals surface area contributed by atoms with Crippen molar-refractivity contribution in [3.05, 3.63) is 93.8 Å². The van der Waals surface area contributed by atoms with E-state index in [1.54, 1.807) is 0 Å². The van der Waals surface area contributed by atoms with E-state index in [0.29, 0.717) is 0 Å². The molecule has 38 heavy (non-hydrogen) atoms. The minimum absolute atomic E-state index is 0.258. The van der Waals surface area contributed by atoms with Gasteiger partial charge in [-0.25, -0.2) is 9.18 Å². The van der Waals surface area contributed by atoms with Crippen molar-refractivity contribution >= 4 is 24.7 Å². The third-order valence-corrected chi connectivity index (χ3v) is 12.7. The van der Waals surface area contributed by atoms with Gasteiger partial charge in [-0.2, -0.15) is 0 Å². The predicted molar refractivity (Wildman–Crippen MR) is 142 cm³/mol. The lowest BCUT2D eigenvalue weighted by molar-refractivity contribution is -0.144. The second kappa shape index (κ2) is 9.44. The van der Waals surface area contributed by atoms with Crippen LogP contribution in [0.1, 0.15) is 33.9 Å². The lowest BCUT2D eigenvalue weighted by atomic mass is 10.0. The van der Waals surface area contributed by atoms with E-state index in [1.807, 2.05) is 60.7 Å². The van der Waals surface area contributed by atoms with Crippen LogP contribution in [0.15, 0.2) is 82.5 Å². The zero-order chi connectivity index (χ0) is 27.3. The van der Waals surface area contributed by atoms with Gasteiger partial charge in [0.2, 0.25) is 0 Å². The quantitative estimate of drug-likeness (QED) is 0.366. The molecule has 1 aliphatic carbocycles. The molecule has 1 aromatic heterocycles. The number of alkyl halides is 1. The Morgan fingerprint density at radius 2 is 1.63 bits per heavy atom. The van der Waals surface area contributed by atoms with Crippen LogP contribution in [0.25, 0.3) is 0 Å². The summed E-state index contributed by atoms with van der Waals surface area (Å²) in [4.78, 5) is 37.9. The maximum absolute atomic E-state index is 16.4. The first-order chi connectivity index (χ1) is 18.0. The van der Waals surface area contributed by atoms with E-state index in [0.717, 1.165) is 21.0 Å². The molecule has 200 valence electrons. The Bertz CT molecular complexity index is 1400. The fourth-order valence-electron chi connectivity index (χ4n) is 5.74. The number of carbonyl (C=O) groups excluding carboxylic acids is 1. The van der Waals surface area contributed by atoms with Gasteiger partial charge in [0.05, 0.1) is 11.5 Å². The number of fused-ring (bicyclic) bond motifs is 1. The zero-order valence-electron chi connectivity index (χ0n) is 21.7. The van der Waals surface area contributed by atoms with Crippen LogP contribution >= 0.6 is 0 Å². The molecule has 5 atom stereocenters. The molecule has 8 nitrogen and oxygen atoms in total. The normalized spacial score (nSPS) is 26.6. The van der Waals surface area contributed by atoms with Gasteiger partial charge < -0.3 is 13.9 Å². The molecule has 0 radical (unpaired) electrons. The third-order valence-electron chi connectivity index (χ3n) is 7.65. The Balaban J connectivity index is 1.59. The summed E-state index contributed by atoms with van der Waals surface area (Å²) in [6, 6.07) is 21.0. The number of rotatable bonds is 7. The second-order valence-electron chi connectivity index (χ2n) is 11.0. The van der Waals surface area contributed by atoms with E-state index in [9.17, 15) is 14.4 Å². The molecule has 10 heteroatoms. The molecular formula is C28H31FN2O6Si. The Hall–Kier alpha value is -3.34. The SMILES string of the molecule is CC(=O)OC[C@]12C(O[Si](c3ccccc3)(c3ccccc3)C(C)(C)C)[C@H]1O[C@@H](n1ccc(=O)[nH]c1=O)[C@@H]2F. The molecule has 1 unspecified atom stereocenters. The van der Waals surface area contributed by atoms with E-state index in [2.05, 4.69) is 25.8 Å². The van der Waals surface area contributed by atoms with Crippen LogP contribution in [0.4, 0.5) is 4.39 Å². The molecule has 0 bridgehead atoms. The lowest BCUT2D eigenvalue weighted by Crippen LogP contribution is -2.67. The number of hydrogen-bond acceptors (Lipinski definition) is 6. The zero-order valence-corrected chi connectivity index (χ0v) is 22.7. The summed E-state index contributed by atoms with van der Waals surface area (Å²) >= 11 is 0. The highest BCUT2D eigenvalue weighted by Crippen LogP contribution is 2.64. The van der Waals surface area contributed by atoms with Crippen LogP contribution in [-0.4, -0.2) is 48.8 Å². The third kappa shape index (κ3) is 4.07. The number of H-pyrrole nitrogens is 1. The average Bonchev–Trinajstić information content (AvgIpc) is 3.38. The van der Waals surface area contributed by atoms with Gasteiger partial charge in [0, 0.05) is 19.2 Å². The van der Waals surface area contributed by atoms with Crippen molar-refractivity contribution in [1.29, 1.82) is 0 Å². The Labute approximate surface area is 220 Å². The van der Waals surface area contributed by atoms with Crippen molar-refractivity contribution in [2.24, 2.45) is 5.41 Å². The molecular weight excluding hydrogens is 507 g/mol. The molecule has 0 amide bonds. The van der Waals surface area contributed by atoms with Gasteiger partial charge in [0.15, 0.2) is 12.4 Å². The summed E-state index contributed by atoms with van der Waals surface area (Å²) in [5.41, 5.74) is -2.68. The van der Waals surface area contributed by atoms with Crippen LogP contribution in [0, 0.1) is 5.41 Å². The van der Waals surface area contributed by atoms with Gasteiger partial charge in [-0.3, -0.25) is 19.1 Å². The Morgan fingerprint density at radius 1 is 1.05 bits per heavy atom. The molecule has 0 spiro atoms. The average molecular weight is 539 g/mol. The Kier molecular flexibility index (Phi) is 6.53. The van der Waals surface area contributed by atoms with Crippen molar-refractivity contribution in [2.45, 2.75) is 57.3 Å². The van der Waals surface area contributed by atoms with Gasteiger partial charge in [-0.15, -0.1) is 0 Å². The maximum Gasteiger partial charge on any atom is 0.330 e. The van der Waals surface area contributed by atoms with Crippen molar-refractivity contribution in [2.75, 3.05) is 6.61 Å². The number of benzene rings is 2. The first-order valence-electron chi connectivity index (χ1n) is 12.6. The standard InChI is InChI=1S/C28H31FN2O6Si/c1-18(32)35-17-28-22(29)25(31-16-15-21(33)30-26(31)34)36-23(28)24(28)37-38(27(2,3)4,19-11-7-5-8-12-19)20-13-9-6-10-14-20/h5-16,22-25H,17H2,1-4H3,(H,30,33,34)/t22-,23+,24?,25+,28+/m0/s1. The number of halogens is 1. The number of hydrogen-bond donors (Lipinski definition) is 1. The monoisotopic (exact) mass is 538 g/mol. The van der Waals surface area contributed by atoms with Gasteiger partial charge in [-0.05, 0) is 15.4 Å².